The van der Waals surface area contributed by atoms with Gasteiger partial charge in [-0.15, -0.1) is 0 Å². The Morgan fingerprint density at radius 1 is 1.26 bits per heavy atom. The molecule has 106 valence electrons. The largest absolute Gasteiger partial charge is 0.454 e. The Morgan fingerprint density at radius 3 is 2.42 bits per heavy atom. The van der Waals surface area contributed by atoms with Crippen LogP contribution in [0, 0.1) is 0 Å². The molecule has 1 heterocycles. The zero-order chi connectivity index (χ0) is 14.2. The first-order chi connectivity index (χ1) is 8.79. The molecular weight excluding hydrogens is 278 g/mol. The topological polar surface area (TPSA) is 21.7 Å². The lowest BCUT2D eigenvalue weighted by Crippen LogP contribution is -2.48. The van der Waals surface area contributed by atoms with Crippen molar-refractivity contribution < 1.29 is 9.47 Å². The van der Waals surface area contributed by atoms with Crippen molar-refractivity contribution in [1.29, 1.82) is 0 Å². The van der Waals surface area contributed by atoms with Crippen molar-refractivity contribution in [3.8, 4) is 11.5 Å². The van der Waals surface area contributed by atoms with E-state index in [1.807, 2.05) is 12.1 Å². The maximum absolute atomic E-state index is 6.33. The van der Waals surface area contributed by atoms with Crippen molar-refractivity contribution in [2.75, 3.05) is 13.8 Å². The van der Waals surface area contributed by atoms with E-state index < -0.39 is 8.24 Å². The van der Waals surface area contributed by atoms with E-state index in [9.17, 15) is 0 Å². The maximum Gasteiger partial charge on any atom is 0.231 e. The minimum atomic E-state index is -1.28. The summed E-state index contributed by atoms with van der Waals surface area (Å²) in [5.41, 5.74) is 1.13. The predicted molar refractivity (Wildman–Crippen MR) is 81.9 cm³/mol. The van der Waals surface area contributed by atoms with E-state index in [1.165, 1.54) is 0 Å². The lowest BCUT2D eigenvalue weighted by Gasteiger charge is -2.35. The van der Waals surface area contributed by atoms with Crippen molar-refractivity contribution in [3.05, 3.63) is 22.7 Å². The Labute approximate surface area is 121 Å². The highest BCUT2D eigenvalue weighted by atomic mass is 35.5. The van der Waals surface area contributed by atoms with Crippen molar-refractivity contribution in [3.63, 3.8) is 0 Å². The van der Waals surface area contributed by atoms with Crippen LogP contribution in [-0.2, 0) is 6.42 Å². The minimum Gasteiger partial charge on any atom is -0.454 e. The minimum absolute atomic E-state index is 0.291. The molecule has 0 radical (unpaired) electrons. The summed E-state index contributed by atoms with van der Waals surface area (Å²) in [6.45, 7) is 9.60. The summed E-state index contributed by atoms with van der Waals surface area (Å²) >= 11 is 6.33. The lowest BCUT2D eigenvalue weighted by atomic mass is 10.1. The fourth-order valence-electron chi connectivity index (χ4n) is 2.23. The quantitative estimate of drug-likeness (QED) is 0.790. The van der Waals surface area contributed by atoms with Crippen LogP contribution in [0.25, 0.3) is 0 Å². The summed E-state index contributed by atoms with van der Waals surface area (Å²) in [7, 11) is 0.925. The van der Waals surface area contributed by atoms with Crippen LogP contribution in [-0.4, -0.2) is 32.7 Å². The molecule has 0 aromatic heterocycles. The number of likely N-dealkylation sites (N-methyl/N-ethyl adjacent to an activating group) is 1. The van der Waals surface area contributed by atoms with Crippen molar-refractivity contribution in [2.24, 2.45) is 0 Å². The summed E-state index contributed by atoms with van der Waals surface area (Å²) < 4.78 is 13.2. The summed E-state index contributed by atoms with van der Waals surface area (Å²) in [6.07, 6.45) is 0.927. The van der Waals surface area contributed by atoms with Gasteiger partial charge in [-0.05, 0) is 32.0 Å². The molecule has 1 aliphatic rings. The highest BCUT2D eigenvalue weighted by molar-refractivity contribution is 6.73. The van der Waals surface area contributed by atoms with E-state index in [1.54, 1.807) is 0 Å². The lowest BCUT2D eigenvalue weighted by molar-refractivity contribution is 0.174. The summed E-state index contributed by atoms with van der Waals surface area (Å²) in [4.78, 5) is 0. The maximum atomic E-state index is 6.33. The van der Waals surface area contributed by atoms with E-state index in [-0.39, 0.29) is 0 Å². The number of rotatable bonds is 4. The number of hydrogen-bond acceptors (Lipinski definition) is 3. The molecule has 1 aromatic rings. The fraction of sp³-hybridized carbons (Fsp3) is 0.571. The Kier molecular flexibility index (Phi) is 4.13. The Balaban J connectivity index is 2.15. The number of benzene rings is 1. The molecule has 3 nitrogen and oxygen atoms in total. The van der Waals surface area contributed by atoms with Gasteiger partial charge in [0.05, 0.1) is 0 Å². The van der Waals surface area contributed by atoms with Gasteiger partial charge in [0.1, 0.15) is 8.24 Å². The van der Waals surface area contributed by atoms with Gasteiger partial charge >= 0.3 is 0 Å². The van der Waals surface area contributed by atoms with Crippen molar-refractivity contribution >= 4 is 19.8 Å². The third-order valence-electron chi connectivity index (χ3n) is 3.78. The molecule has 0 amide bonds. The Hall–Kier alpha value is -0.713. The molecule has 0 bridgehead atoms. The van der Waals surface area contributed by atoms with E-state index in [4.69, 9.17) is 21.1 Å². The van der Waals surface area contributed by atoms with Crippen LogP contribution >= 0.6 is 11.6 Å². The van der Waals surface area contributed by atoms with Gasteiger partial charge in [0.25, 0.3) is 0 Å². The molecule has 1 atom stereocenters. The monoisotopic (exact) mass is 299 g/mol. The summed E-state index contributed by atoms with van der Waals surface area (Å²) in [5, 5.41) is 0.764. The number of ether oxygens (including phenoxy) is 2. The van der Waals surface area contributed by atoms with Crippen molar-refractivity contribution in [1.82, 2.24) is 4.57 Å². The smallest absolute Gasteiger partial charge is 0.231 e. The molecule has 2 rings (SSSR count). The number of nitrogens with zero attached hydrogens (tertiary/aromatic N) is 1. The van der Waals surface area contributed by atoms with Crippen LogP contribution in [0.1, 0.15) is 12.5 Å². The average molecular weight is 300 g/mol. The molecular formula is C14H22ClNO2Si. The summed E-state index contributed by atoms with van der Waals surface area (Å²) in [6, 6.07) is 4.34. The zero-order valence-electron chi connectivity index (χ0n) is 12.3. The van der Waals surface area contributed by atoms with Gasteiger partial charge < -0.3 is 14.0 Å². The highest BCUT2D eigenvalue weighted by Gasteiger charge is 2.25. The first-order valence-electron chi connectivity index (χ1n) is 6.60. The first-order valence-corrected chi connectivity index (χ1v) is 10.4. The van der Waals surface area contributed by atoms with Crippen LogP contribution in [0.3, 0.4) is 0 Å². The van der Waals surface area contributed by atoms with Gasteiger partial charge in [-0.2, -0.15) is 0 Å². The molecule has 0 aliphatic carbocycles. The molecule has 0 saturated carbocycles. The number of hydrogen-bond donors (Lipinski definition) is 0. The molecule has 0 saturated heterocycles. The molecule has 19 heavy (non-hydrogen) atoms. The molecule has 0 spiro atoms. The van der Waals surface area contributed by atoms with Crippen LogP contribution < -0.4 is 9.47 Å². The normalized spacial score (nSPS) is 15.9. The van der Waals surface area contributed by atoms with E-state index in [0.717, 1.165) is 28.5 Å². The third kappa shape index (κ3) is 3.24. The second-order valence-corrected chi connectivity index (χ2v) is 11.6. The van der Waals surface area contributed by atoms with Gasteiger partial charge in [0.2, 0.25) is 6.79 Å². The average Bonchev–Trinajstić information content (AvgIpc) is 2.74. The SMILES string of the molecule is CC(Cc1cc2c(cc1Cl)OCO2)N(C)[Si](C)(C)C. The molecule has 1 unspecified atom stereocenters. The van der Waals surface area contributed by atoms with E-state index >= 15 is 0 Å². The van der Waals surface area contributed by atoms with E-state index in [0.29, 0.717) is 12.8 Å². The highest BCUT2D eigenvalue weighted by Crippen LogP contribution is 2.37. The van der Waals surface area contributed by atoms with Crippen LogP contribution in [0.4, 0.5) is 0 Å². The van der Waals surface area contributed by atoms with Crippen LogP contribution in [0.5, 0.6) is 11.5 Å². The van der Waals surface area contributed by atoms with Gasteiger partial charge in [-0.25, -0.2) is 0 Å². The van der Waals surface area contributed by atoms with Gasteiger partial charge in [-0.3, -0.25) is 0 Å². The predicted octanol–water partition coefficient (Wildman–Crippen LogP) is 3.77. The van der Waals surface area contributed by atoms with E-state index in [2.05, 4.69) is 38.2 Å². The zero-order valence-corrected chi connectivity index (χ0v) is 14.0. The molecule has 1 aliphatic heterocycles. The number of fused-ring (bicyclic) bond motifs is 1. The third-order valence-corrected chi connectivity index (χ3v) is 6.69. The second-order valence-electron chi connectivity index (χ2n) is 6.13. The molecule has 0 fully saturated rings. The molecule has 5 heteroatoms. The van der Waals surface area contributed by atoms with Gasteiger partial charge in [-0.1, -0.05) is 31.2 Å². The Bertz CT molecular complexity index is 473. The standard InChI is InChI=1S/C14H22ClNO2Si/c1-10(16(2)19(3,4)5)6-11-7-13-14(8-12(11)15)18-9-17-13/h7-8,10H,6,9H2,1-5H3. The summed E-state index contributed by atoms with van der Waals surface area (Å²) in [5.74, 6) is 1.56. The second kappa shape index (κ2) is 5.35. The molecule has 1 aromatic carbocycles. The fourth-order valence-corrected chi connectivity index (χ4v) is 3.88. The van der Waals surface area contributed by atoms with Gasteiger partial charge in [0.15, 0.2) is 11.5 Å². The van der Waals surface area contributed by atoms with Crippen LogP contribution in [0.15, 0.2) is 12.1 Å². The Morgan fingerprint density at radius 2 is 1.84 bits per heavy atom. The first kappa shape index (κ1) is 14.7. The van der Waals surface area contributed by atoms with Crippen LogP contribution in [0.2, 0.25) is 24.7 Å². The van der Waals surface area contributed by atoms with Gasteiger partial charge in [0, 0.05) is 17.1 Å². The van der Waals surface area contributed by atoms with Crippen molar-refractivity contribution in [2.45, 2.75) is 39.0 Å². The number of halogens is 1. The molecule has 0 N–H and O–H groups in total.